The quantitative estimate of drug-likeness (QED) is 0.486. The third-order valence-electron chi connectivity index (χ3n) is 11.6. The molecule has 0 aromatic rings. The number of carbonyl (C=O) groups is 2. The molecule has 5 rings (SSSR count). The summed E-state index contributed by atoms with van der Waals surface area (Å²) >= 11 is 0. The molecule has 4 bridgehead atoms. The molecule has 0 unspecified atom stereocenters. The van der Waals surface area contributed by atoms with E-state index >= 15 is 0 Å². The number of fused-ring (bicyclic) bond motifs is 4. The van der Waals surface area contributed by atoms with Gasteiger partial charge in [-0.1, -0.05) is 40.5 Å². The van der Waals surface area contributed by atoms with Gasteiger partial charge in [-0.25, -0.2) is 26.3 Å². The molecule has 0 saturated heterocycles. The van der Waals surface area contributed by atoms with Crippen LogP contribution in [0.1, 0.15) is 91.9 Å². The molecule has 0 heterocycles. The fourth-order valence-corrected chi connectivity index (χ4v) is 13.1. The van der Waals surface area contributed by atoms with Crippen LogP contribution in [0.4, 0.5) is 0 Å². The van der Waals surface area contributed by atoms with E-state index in [1.54, 1.807) is 0 Å². The number of sulfonamides is 2. The van der Waals surface area contributed by atoms with Gasteiger partial charge < -0.3 is 0 Å². The Morgan fingerprint density at radius 2 is 1.03 bits per heavy atom. The van der Waals surface area contributed by atoms with E-state index in [4.69, 9.17) is 0 Å². The third kappa shape index (κ3) is 3.87. The molecule has 0 spiro atoms. The van der Waals surface area contributed by atoms with Crippen LogP contribution in [0.3, 0.4) is 0 Å². The Morgan fingerprint density at radius 3 is 1.31 bits per heavy atom. The number of nitrogens with one attached hydrogen (secondary N) is 2. The molecule has 10 heteroatoms. The van der Waals surface area contributed by atoms with Crippen LogP contribution in [0.5, 0.6) is 0 Å². The minimum Gasteiger partial charge on any atom is -0.299 e. The van der Waals surface area contributed by atoms with Gasteiger partial charge in [0.15, 0.2) is 0 Å². The van der Waals surface area contributed by atoms with Gasteiger partial charge in [-0.2, -0.15) is 0 Å². The monoisotopic (exact) mass is 542 g/mol. The molecule has 204 valence electrons. The largest absolute Gasteiger partial charge is 0.299 e. The van der Waals surface area contributed by atoms with Crippen LogP contribution >= 0.6 is 0 Å². The lowest BCUT2D eigenvalue weighted by Crippen LogP contribution is -2.56. The summed E-state index contributed by atoms with van der Waals surface area (Å²) in [6, 6.07) is -1.12. The summed E-state index contributed by atoms with van der Waals surface area (Å²) in [4.78, 5) is 25.8. The van der Waals surface area contributed by atoms with Crippen molar-refractivity contribution in [2.75, 3.05) is 11.5 Å². The van der Waals surface area contributed by atoms with E-state index in [0.717, 1.165) is 25.7 Å². The Labute approximate surface area is 216 Å². The second-order valence-corrected chi connectivity index (χ2v) is 17.1. The average Bonchev–Trinajstić information content (AvgIpc) is 3.27. The molecule has 0 amide bonds. The van der Waals surface area contributed by atoms with Crippen molar-refractivity contribution in [3.8, 4) is 0 Å². The molecule has 0 aliphatic heterocycles. The average molecular weight is 543 g/mol. The lowest BCUT2D eigenvalue weighted by Gasteiger charge is -2.39. The van der Waals surface area contributed by atoms with Crippen molar-refractivity contribution in [3.63, 3.8) is 0 Å². The second-order valence-electron chi connectivity index (χ2n) is 13.6. The Balaban J connectivity index is 1.31. The topological polar surface area (TPSA) is 126 Å². The van der Waals surface area contributed by atoms with Crippen LogP contribution in [0.25, 0.3) is 0 Å². The maximum Gasteiger partial charge on any atom is 0.212 e. The van der Waals surface area contributed by atoms with E-state index in [2.05, 4.69) is 9.44 Å². The minimum absolute atomic E-state index is 0.0491. The zero-order valence-electron chi connectivity index (χ0n) is 22.1. The normalized spacial score (nSPS) is 41.3. The summed E-state index contributed by atoms with van der Waals surface area (Å²) in [5, 5.41) is 0. The molecule has 5 saturated carbocycles. The van der Waals surface area contributed by atoms with Gasteiger partial charge in [0.2, 0.25) is 20.0 Å². The standard InChI is InChI=1S/C26H42N2O6S2/c1-23(2)17-9-11-25(23,21(29)13-17)15-35(31,32)27-19-7-5-6-8-20(19)28-36(33,34)16-26-12-10-18(14-22(26)30)24(26,3)4/h17-20,27-28H,5-16H2,1-4H3/t17-,18-,19+,20+,25-,26-/m1/s1. The van der Waals surface area contributed by atoms with E-state index in [1.807, 2.05) is 27.7 Å². The molecule has 36 heavy (non-hydrogen) atoms. The van der Waals surface area contributed by atoms with Gasteiger partial charge in [0.1, 0.15) is 11.6 Å². The van der Waals surface area contributed by atoms with Gasteiger partial charge in [-0.05, 0) is 61.2 Å². The predicted molar refractivity (Wildman–Crippen MR) is 137 cm³/mol. The van der Waals surface area contributed by atoms with Gasteiger partial charge in [0, 0.05) is 35.8 Å². The van der Waals surface area contributed by atoms with Crippen LogP contribution in [0.15, 0.2) is 0 Å². The summed E-state index contributed by atoms with van der Waals surface area (Å²) < 4.78 is 59.2. The number of carbonyl (C=O) groups excluding carboxylic acids is 2. The van der Waals surface area contributed by atoms with E-state index < -0.39 is 43.0 Å². The van der Waals surface area contributed by atoms with Crippen molar-refractivity contribution in [2.45, 2.75) is 104 Å². The lowest BCUT2D eigenvalue weighted by atomic mass is 9.70. The summed E-state index contributed by atoms with van der Waals surface area (Å²) in [5.41, 5.74) is -2.43. The fraction of sp³-hybridized carbons (Fsp3) is 0.923. The Bertz CT molecular complexity index is 1080. The van der Waals surface area contributed by atoms with Crippen LogP contribution in [0.2, 0.25) is 0 Å². The van der Waals surface area contributed by atoms with E-state index in [1.165, 1.54) is 0 Å². The van der Waals surface area contributed by atoms with Crippen LogP contribution in [-0.4, -0.2) is 52.0 Å². The van der Waals surface area contributed by atoms with Gasteiger partial charge in [-0.3, -0.25) is 9.59 Å². The SMILES string of the molecule is CC1(C)[C@@H]2CC[C@@]1(CS(=O)(=O)N[C@H]1CCCC[C@@H]1NS(=O)(=O)C[C@]13CC[C@H](CC1=O)C3(C)C)C(=O)C2. The van der Waals surface area contributed by atoms with Crippen molar-refractivity contribution >= 4 is 31.6 Å². The van der Waals surface area contributed by atoms with Crippen molar-refractivity contribution in [3.05, 3.63) is 0 Å². The molecule has 5 fully saturated rings. The van der Waals surface area contributed by atoms with Gasteiger partial charge >= 0.3 is 0 Å². The summed E-state index contributed by atoms with van der Waals surface area (Å²) in [5.74, 6) is 0.0934. The molecule has 5 aliphatic carbocycles. The highest BCUT2D eigenvalue weighted by Crippen LogP contribution is 2.65. The maximum atomic E-state index is 13.4. The van der Waals surface area contributed by atoms with E-state index in [9.17, 15) is 26.4 Å². The molecular weight excluding hydrogens is 500 g/mol. The molecule has 8 nitrogen and oxygen atoms in total. The molecule has 0 aromatic heterocycles. The highest BCUT2D eigenvalue weighted by atomic mass is 32.2. The second kappa shape index (κ2) is 8.33. The molecule has 5 aliphatic rings. The van der Waals surface area contributed by atoms with Crippen molar-refractivity contribution in [1.29, 1.82) is 0 Å². The zero-order valence-corrected chi connectivity index (χ0v) is 23.7. The summed E-state index contributed by atoms with van der Waals surface area (Å²) in [6.07, 6.45) is 6.53. The minimum atomic E-state index is -3.82. The van der Waals surface area contributed by atoms with E-state index in [-0.39, 0.29) is 45.7 Å². The molecule has 2 N–H and O–H groups in total. The fourth-order valence-electron chi connectivity index (χ4n) is 8.82. The first-order chi connectivity index (χ1) is 16.6. The third-order valence-corrected chi connectivity index (χ3v) is 14.6. The number of hydrogen-bond acceptors (Lipinski definition) is 6. The van der Waals surface area contributed by atoms with Crippen LogP contribution in [0, 0.1) is 33.5 Å². The molecule has 6 atom stereocenters. The zero-order chi connectivity index (χ0) is 26.4. The number of rotatable bonds is 8. The molecule has 0 radical (unpaired) electrons. The first kappa shape index (κ1) is 26.8. The van der Waals surface area contributed by atoms with Gasteiger partial charge in [0.05, 0.1) is 11.5 Å². The van der Waals surface area contributed by atoms with E-state index in [0.29, 0.717) is 38.5 Å². The smallest absolute Gasteiger partial charge is 0.212 e. The molecule has 0 aromatic carbocycles. The lowest BCUT2D eigenvalue weighted by molar-refractivity contribution is -0.128. The number of ketones is 2. The highest BCUT2D eigenvalue weighted by molar-refractivity contribution is 7.89. The Hall–Kier alpha value is -0.840. The first-order valence-electron chi connectivity index (χ1n) is 13.6. The summed E-state index contributed by atoms with van der Waals surface area (Å²) in [6.45, 7) is 8.06. The maximum absolute atomic E-state index is 13.4. The van der Waals surface area contributed by atoms with Gasteiger partial charge in [-0.15, -0.1) is 0 Å². The Kier molecular flexibility index (Phi) is 6.19. The van der Waals surface area contributed by atoms with Gasteiger partial charge in [0.25, 0.3) is 0 Å². The van der Waals surface area contributed by atoms with Crippen molar-refractivity contribution in [2.24, 2.45) is 33.5 Å². The summed E-state index contributed by atoms with van der Waals surface area (Å²) in [7, 11) is -7.64. The van der Waals surface area contributed by atoms with Crippen LogP contribution in [-0.2, 0) is 29.6 Å². The predicted octanol–water partition coefficient (Wildman–Crippen LogP) is 2.93. The van der Waals surface area contributed by atoms with Crippen molar-refractivity contribution < 1.29 is 26.4 Å². The number of hydrogen-bond donors (Lipinski definition) is 2. The molecular formula is C26H42N2O6S2. The van der Waals surface area contributed by atoms with Crippen LogP contribution < -0.4 is 9.44 Å². The first-order valence-corrected chi connectivity index (χ1v) is 16.9. The highest BCUT2D eigenvalue weighted by Gasteiger charge is 2.66. The number of Topliss-reactive ketones (excluding diaryl/α,β-unsaturated/α-hetero) is 2. The Morgan fingerprint density at radius 1 is 0.667 bits per heavy atom. The van der Waals surface area contributed by atoms with Crippen molar-refractivity contribution in [1.82, 2.24) is 9.44 Å².